The monoisotopic (exact) mass is 732 g/mol. The highest BCUT2D eigenvalue weighted by atomic mass is 16.5. The Bertz CT molecular complexity index is 869. The third-order valence-corrected chi connectivity index (χ3v) is 9.97. The zero-order valence-corrected chi connectivity index (χ0v) is 34.4. The van der Waals surface area contributed by atoms with E-state index in [2.05, 4.69) is 62.5 Å². The first kappa shape index (κ1) is 50.1. The van der Waals surface area contributed by atoms with Crippen LogP contribution < -0.4 is 5.32 Å². The molecule has 0 bridgehead atoms. The molecule has 3 unspecified atom stereocenters. The molecule has 6 nitrogen and oxygen atoms in total. The predicted molar refractivity (Wildman–Crippen MR) is 222 cm³/mol. The molecule has 0 aliphatic heterocycles. The van der Waals surface area contributed by atoms with Gasteiger partial charge in [0, 0.05) is 6.42 Å². The highest BCUT2D eigenvalue weighted by molar-refractivity contribution is 5.77. The Morgan fingerprint density at radius 3 is 1.60 bits per heavy atom. The van der Waals surface area contributed by atoms with Gasteiger partial charge < -0.3 is 20.3 Å². The molecule has 0 aromatic rings. The van der Waals surface area contributed by atoms with Gasteiger partial charge in [-0.15, -0.1) is 0 Å². The van der Waals surface area contributed by atoms with Gasteiger partial charge in [-0.3, -0.25) is 9.59 Å². The number of carbonyl (C=O) groups is 2. The molecule has 0 aliphatic carbocycles. The molecule has 52 heavy (non-hydrogen) atoms. The van der Waals surface area contributed by atoms with Crippen molar-refractivity contribution in [3.05, 3.63) is 36.5 Å². The number of rotatable bonds is 39. The summed E-state index contributed by atoms with van der Waals surface area (Å²) in [4.78, 5) is 25.9. The number of ether oxygens (including phenoxy) is 1. The van der Waals surface area contributed by atoms with Gasteiger partial charge in [0.2, 0.25) is 5.91 Å². The summed E-state index contributed by atoms with van der Waals surface area (Å²) >= 11 is 0. The van der Waals surface area contributed by atoms with Crippen LogP contribution >= 0.6 is 0 Å². The minimum atomic E-state index is -0.788. The minimum Gasteiger partial charge on any atom is -0.462 e. The molecule has 0 saturated heterocycles. The molecular formula is C46H85NO5. The Morgan fingerprint density at radius 1 is 0.558 bits per heavy atom. The van der Waals surface area contributed by atoms with Crippen molar-refractivity contribution >= 4 is 11.9 Å². The number of carbonyl (C=O) groups excluding carboxylic acids is 2. The lowest BCUT2D eigenvalue weighted by molar-refractivity contribution is -0.151. The van der Waals surface area contributed by atoms with Crippen molar-refractivity contribution in [3.8, 4) is 0 Å². The molecule has 0 rings (SSSR count). The number of hydrogen-bond donors (Lipinski definition) is 3. The van der Waals surface area contributed by atoms with Crippen molar-refractivity contribution in [1.29, 1.82) is 0 Å². The first-order chi connectivity index (χ1) is 25.5. The molecular weight excluding hydrogens is 647 g/mol. The molecule has 0 aliphatic rings. The number of aliphatic hydroxyl groups is 2. The minimum absolute atomic E-state index is 0.0625. The smallest absolute Gasteiger partial charge is 0.306 e. The zero-order chi connectivity index (χ0) is 38.2. The fraction of sp³-hybridized carbons (Fsp3) is 0.826. The van der Waals surface area contributed by atoms with Crippen LogP contribution in [0.3, 0.4) is 0 Å². The summed E-state index contributed by atoms with van der Waals surface area (Å²) < 4.78 is 5.87. The standard InChI is InChI=1S/C46H85NO5/c1-4-7-10-13-16-19-20-21-22-23-24-27-30-33-36-39-46(51)52-42(37-34-31-28-25-17-14-11-8-5-2)40-45(50)47-43(41-48)44(49)38-35-32-29-26-18-15-12-9-6-3/h14,16-17,19-21,42-44,48-49H,4-13,15,18,22-41H2,1-3H3,(H,47,50)/b17-14-,19-16+,21-20+. The molecule has 0 aromatic carbocycles. The van der Waals surface area contributed by atoms with Gasteiger partial charge in [-0.25, -0.2) is 0 Å². The molecule has 0 fully saturated rings. The normalized spacial score (nSPS) is 13.7. The lowest BCUT2D eigenvalue weighted by atomic mass is 10.0. The number of unbranched alkanes of at least 4 members (excludes halogenated alkanes) is 22. The first-order valence-corrected chi connectivity index (χ1v) is 22.2. The number of amides is 1. The lowest BCUT2D eigenvalue weighted by Crippen LogP contribution is -2.46. The van der Waals surface area contributed by atoms with E-state index in [4.69, 9.17) is 4.74 Å². The summed E-state index contributed by atoms with van der Waals surface area (Å²) in [5.74, 6) is -0.506. The van der Waals surface area contributed by atoms with E-state index < -0.39 is 18.2 Å². The molecule has 0 spiro atoms. The zero-order valence-electron chi connectivity index (χ0n) is 34.4. The van der Waals surface area contributed by atoms with Gasteiger partial charge in [-0.2, -0.15) is 0 Å². The summed E-state index contributed by atoms with van der Waals surface area (Å²) in [6.45, 7) is 6.37. The molecule has 0 heterocycles. The van der Waals surface area contributed by atoms with Gasteiger partial charge in [0.1, 0.15) is 6.10 Å². The Balaban J connectivity index is 4.56. The fourth-order valence-corrected chi connectivity index (χ4v) is 6.52. The molecule has 3 N–H and O–H groups in total. The van der Waals surface area contributed by atoms with Crippen molar-refractivity contribution in [2.24, 2.45) is 0 Å². The number of hydrogen-bond acceptors (Lipinski definition) is 5. The fourth-order valence-electron chi connectivity index (χ4n) is 6.52. The number of aliphatic hydroxyl groups excluding tert-OH is 2. The average molecular weight is 732 g/mol. The predicted octanol–water partition coefficient (Wildman–Crippen LogP) is 12.6. The SMILES string of the molecule is CCCC/C=C\CCCCCC(CC(=O)NC(CO)C(O)CCCCCCCCCCC)OC(=O)CCCCCCCC/C=C/C=C/CCCCC. The third kappa shape index (κ3) is 35.1. The topological polar surface area (TPSA) is 95.9 Å². The van der Waals surface area contributed by atoms with Gasteiger partial charge in [0.05, 0.1) is 25.2 Å². The van der Waals surface area contributed by atoms with Crippen molar-refractivity contribution in [1.82, 2.24) is 5.32 Å². The van der Waals surface area contributed by atoms with Crippen LogP contribution in [0, 0.1) is 0 Å². The summed E-state index contributed by atoms with van der Waals surface area (Å²) in [5, 5.41) is 23.5. The molecule has 0 saturated carbocycles. The average Bonchev–Trinajstić information content (AvgIpc) is 3.13. The van der Waals surface area contributed by atoms with E-state index in [1.165, 1.54) is 96.3 Å². The van der Waals surface area contributed by atoms with Crippen LogP contribution in [0.2, 0.25) is 0 Å². The van der Waals surface area contributed by atoms with E-state index in [-0.39, 0.29) is 24.9 Å². The van der Waals surface area contributed by atoms with E-state index in [0.29, 0.717) is 19.3 Å². The van der Waals surface area contributed by atoms with Crippen molar-refractivity contribution in [2.45, 2.75) is 238 Å². The van der Waals surface area contributed by atoms with Crippen molar-refractivity contribution in [2.75, 3.05) is 6.61 Å². The van der Waals surface area contributed by atoms with Crippen LogP contribution in [0.1, 0.15) is 220 Å². The first-order valence-electron chi connectivity index (χ1n) is 22.2. The van der Waals surface area contributed by atoms with Crippen molar-refractivity contribution < 1.29 is 24.5 Å². The summed E-state index contributed by atoms with van der Waals surface area (Å²) in [7, 11) is 0. The van der Waals surface area contributed by atoms with Gasteiger partial charge >= 0.3 is 5.97 Å². The maximum absolute atomic E-state index is 13.1. The molecule has 0 aromatic heterocycles. The second-order valence-corrected chi connectivity index (χ2v) is 15.1. The maximum Gasteiger partial charge on any atom is 0.306 e. The number of esters is 1. The van der Waals surface area contributed by atoms with Crippen LogP contribution in [0.15, 0.2) is 36.5 Å². The second-order valence-electron chi connectivity index (χ2n) is 15.1. The second kappa shape index (κ2) is 40.3. The summed E-state index contributed by atoms with van der Waals surface area (Å²) in [6, 6.07) is -0.703. The molecule has 1 amide bonds. The van der Waals surface area contributed by atoms with E-state index in [1.807, 2.05) is 0 Å². The van der Waals surface area contributed by atoms with Crippen molar-refractivity contribution in [3.63, 3.8) is 0 Å². The number of allylic oxidation sites excluding steroid dienone is 6. The molecule has 3 atom stereocenters. The van der Waals surface area contributed by atoms with E-state index in [9.17, 15) is 19.8 Å². The Labute approximate surface area is 322 Å². The largest absolute Gasteiger partial charge is 0.462 e. The van der Waals surface area contributed by atoms with Gasteiger partial charge in [0.25, 0.3) is 0 Å². The maximum atomic E-state index is 13.1. The van der Waals surface area contributed by atoms with E-state index in [1.54, 1.807) is 0 Å². The van der Waals surface area contributed by atoms with E-state index >= 15 is 0 Å². The van der Waals surface area contributed by atoms with Crippen LogP contribution in [-0.2, 0) is 14.3 Å². The van der Waals surface area contributed by atoms with Crippen LogP contribution in [0.4, 0.5) is 0 Å². The van der Waals surface area contributed by atoms with Crippen LogP contribution in [-0.4, -0.2) is 46.9 Å². The van der Waals surface area contributed by atoms with Gasteiger partial charge in [-0.1, -0.05) is 173 Å². The number of nitrogens with one attached hydrogen (secondary N) is 1. The molecule has 6 heteroatoms. The molecule has 304 valence electrons. The molecule has 0 radical (unpaired) electrons. The highest BCUT2D eigenvalue weighted by Gasteiger charge is 2.24. The lowest BCUT2D eigenvalue weighted by Gasteiger charge is -2.24. The van der Waals surface area contributed by atoms with Crippen LogP contribution in [0.25, 0.3) is 0 Å². The van der Waals surface area contributed by atoms with Crippen LogP contribution in [0.5, 0.6) is 0 Å². The Hall–Kier alpha value is -1.92. The Morgan fingerprint density at radius 2 is 1.00 bits per heavy atom. The summed E-state index contributed by atoms with van der Waals surface area (Å²) in [5.41, 5.74) is 0. The highest BCUT2D eigenvalue weighted by Crippen LogP contribution is 2.17. The quantitative estimate of drug-likeness (QED) is 0.0253. The summed E-state index contributed by atoms with van der Waals surface area (Å²) in [6.07, 6.45) is 44.9. The third-order valence-electron chi connectivity index (χ3n) is 9.97. The van der Waals surface area contributed by atoms with E-state index in [0.717, 1.165) is 77.0 Å². The Kier molecular flexibility index (Phi) is 38.8. The van der Waals surface area contributed by atoms with Gasteiger partial charge in [-0.05, 0) is 70.6 Å². The van der Waals surface area contributed by atoms with Gasteiger partial charge in [0.15, 0.2) is 0 Å².